The quantitative estimate of drug-likeness (QED) is 0.825. The van der Waals surface area contributed by atoms with Crippen LogP contribution in [0.1, 0.15) is 18.5 Å². The molecule has 0 aliphatic carbocycles. The monoisotopic (exact) mass is 313 g/mol. The van der Waals surface area contributed by atoms with E-state index in [9.17, 15) is 4.39 Å². The highest BCUT2D eigenvalue weighted by atomic mass is 35.5. The molecule has 0 saturated heterocycles. The smallest absolute Gasteiger partial charge is 0.165 e. The van der Waals surface area contributed by atoms with Crippen LogP contribution in [0.25, 0.3) is 0 Å². The van der Waals surface area contributed by atoms with E-state index in [1.165, 1.54) is 13.2 Å². The Labute approximate surface area is 127 Å². The third kappa shape index (κ3) is 3.35. The number of anilines is 1. The van der Waals surface area contributed by atoms with Gasteiger partial charge in [0.05, 0.1) is 17.8 Å². The fraction of sp³-hybridized carbons (Fsp3) is 0.200. The Balaban J connectivity index is 2.19. The molecular formula is C15H14Cl2FNO. The minimum absolute atomic E-state index is 0.103. The van der Waals surface area contributed by atoms with Crippen molar-refractivity contribution in [2.45, 2.75) is 13.0 Å². The molecule has 0 aliphatic heterocycles. The van der Waals surface area contributed by atoms with Gasteiger partial charge in [-0.1, -0.05) is 29.3 Å². The van der Waals surface area contributed by atoms with Gasteiger partial charge in [-0.05, 0) is 42.8 Å². The molecule has 0 heterocycles. The second-order valence-corrected chi connectivity index (χ2v) is 5.23. The zero-order valence-electron chi connectivity index (χ0n) is 11.1. The molecule has 2 rings (SSSR count). The zero-order chi connectivity index (χ0) is 14.7. The molecule has 0 aliphatic rings. The van der Waals surface area contributed by atoms with Crippen molar-refractivity contribution in [2.24, 2.45) is 0 Å². The predicted octanol–water partition coefficient (Wildman–Crippen LogP) is 5.31. The summed E-state index contributed by atoms with van der Waals surface area (Å²) in [6, 6.07) is 9.95. The van der Waals surface area contributed by atoms with Gasteiger partial charge in [0.2, 0.25) is 0 Å². The summed E-state index contributed by atoms with van der Waals surface area (Å²) < 4.78 is 18.6. The molecule has 0 fully saturated rings. The molecule has 0 saturated carbocycles. The maximum atomic E-state index is 13.7. The molecule has 2 nitrogen and oxygen atoms in total. The lowest BCUT2D eigenvalue weighted by molar-refractivity contribution is 0.386. The Morgan fingerprint density at radius 1 is 1.15 bits per heavy atom. The van der Waals surface area contributed by atoms with Crippen LogP contribution in [0.2, 0.25) is 10.0 Å². The molecule has 5 heteroatoms. The van der Waals surface area contributed by atoms with E-state index in [0.29, 0.717) is 10.0 Å². The van der Waals surface area contributed by atoms with Gasteiger partial charge in [0.15, 0.2) is 11.6 Å². The van der Waals surface area contributed by atoms with E-state index in [4.69, 9.17) is 27.9 Å². The van der Waals surface area contributed by atoms with Crippen molar-refractivity contribution < 1.29 is 9.13 Å². The first kappa shape index (κ1) is 14.9. The first-order valence-electron chi connectivity index (χ1n) is 6.06. The van der Waals surface area contributed by atoms with Crippen LogP contribution in [-0.2, 0) is 0 Å². The van der Waals surface area contributed by atoms with Gasteiger partial charge in [0, 0.05) is 11.1 Å². The molecule has 0 bridgehead atoms. The molecule has 0 spiro atoms. The van der Waals surface area contributed by atoms with Gasteiger partial charge in [0.1, 0.15) is 0 Å². The number of ether oxygens (including phenoxy) is 1. The number of hydrogen-bond acceptors (Lipinski definition) is 2. The van der Waals surface area contributed by atoms with E-state index in [2.05, 4.69) is 5.32 Å². The maximum Gasteiger partial charge on any atom is 0.165 e. The van der Waals surface area contributed by atoms with Crippen molar-refractivity contribution in [1.29, 1.82) is 0 Å². The highest BCUT2D eigenvalue weighted by Crippen LogP contribution is 2.29. The number of benzene rings is 2. The second-order valence-electron chi connectivity index (χ2n) is 4.38. The second kappa shape index (κ2) is 6.33. The molecule has 0 aromatic heterocycles. The van der Waals surface area contributed by atoms with Crippen LogP contribution in [0.15, 0.2) is 36.4 Å². The van der Waals surface area contributed by atoms with Gasteiger partial charge < -0.3 is 10.1 Å². The number of halogens is 3. The Morgan fingerprint density at radius 3 is 2.50 bits per heavy atom. The number of methoxy groups -OCH3 is 1. The molecule has 1 atom stereocenters. The van der Waals surface area contributed by atoms with Crippen molar-refractivity contribution in [1.82, 2.24) is 0 Å². The fourth-order valence-corrected chi connectivity index (χ4v) is 2.34. The van der Waals surface area contributed by atoms with Gasteiger partial charge in [-0.25, -0.2) is 4.39 Å². The maximum absolute atomic E-state index is 13.7. The Kier molecular flexibility index (Phi) is 4.73. The molecule has 20 heavy (non-hydrogen) atoms. The summed E-state index contributed by atoms with van der Waals surface area (Å²) in [5.41, 5.74) is 1.55. The topological polar surface area (TPSA) is 21.3 Å². The average molecular weight is 314 g/mol. The molecule has 1 unspecified atom stereocenters. The lowest BCUT2D eigenvalue weighted by Crippen LogP contribution is -2.07. The molecule has 0 amide bonds. The Hall–Kier alpha value is -1.45. The van der Waals surface area contributed by atoms with Gasteiger partial charge in [-0.15, -0.1) is 0 Å². The normalized spacial score (nSPS) is 12.1. The Bertz CT molecular complexity index is 619. The summed E-state index contributed by atoms with van der Waals surface area (Å²) in [7, 11) is 1.44. The van der Waals surface area contributed by atoms with Gasteiger partial charge in [-0.2, -0.15) is 0 Å². The highest BCUT2D eigenvalue weighted by molar-refractivity contribution is 6.36. The van der Waals surface area contributed by atoms with Crippen molar-refractivity contribution >= 4 is 28.9 Å². The first-order chi connectivity index (χ1) is 9.51. The van der Waals surface area contributed by atoms with Crippen LogP contribution in [0.4, 0.5) is 10.1 Å². The minimum Gasteiger partial charge on any atom is -0.494 e. The SMILES string of the molecule is COc1ccc(C(C)Nc2ccc(Cl)cc2Cl)cc1F. The summed E-state index contributed by atoms with van der Waals surface area (Å²) in [6.45, 7) is 1.92. The van der Waals surface area contributed by atoms with Gasteiger partial charge >= 0.3 is 0 Å². The third-order valence-corrected chi connectivity index (χ3v) is 3.53. The first-order valence-corrected chi connectivity index (χ1v) is 6.82. The van der Waals surface area contributed by atoms with E-state index in [-0.39, 0.29) is 17.6 Å². The van der Waals surface area contributed by atoms with E-state index < -0.39 is 0 Å². The van der Waals surface area contributed by atoms with Crippen LogP contribution >= 0.6 is 23.2 Å². The van der Waals surface area contributed by atoms with Crippen molar-refractivity contribution in [3.05, 3.63) is 57.8 Å². The summed E-state index contributed by atoms with van der Waals surface area (Å²) in [5, 5.41) is 4.32. The lowest BCUT2D eigenvalue weighted by atomic mass is 10.1. The average Bonchev–Trinajstić information content (AvgIpc) is 2.41. The summed E-state index contributed by atoms with van der Waals surface area (Å²) >= 11 is 11.9. The Morgan fingerprint density at radius 2 is 1.90 bits per heavy atom. The van der Waals surface area contributed by atoms with Crippen LogP contribution in [-0.4, -0.2) is 7.11 Å². The molecule has 0 radical (unpaired) electrons. The van der Waals surface area contributed by atoms with Crippen LogP contribution in [0, 0.1) is 5.82 Å². The molecular weight excluding hydrogens is 300 g/mol. The molecule has 2 aromatic rings. The number of hydrogen-bond donors (Lipinski definition) is 1. The minimum atomic E-state index is -0.388. The number of nitrogens with one attached hydrogen (secondary N) is 1. The van der Waals surface area contributed by atoms with Crippen molar-refractivity contribution in [3.8, 4) is 5.75 Å². The zero-order valence-corrected chi connectivity index (χ0v) is 12.6. The van der Waals surface area contributed by atoms with Crippen molar-refractivity contribution in [2.75, 3.05) is 12.4 Å². The summed E-state index contributed by atoms with van der Waals surface area (Å²) in [6.07, 6.45) is 0. The van der Waals surface area contributed by atoms with Crippen LogP contribution in [0.5, 0.6) is 5.75 Å². The highest BCUT2D eigenvalue weighted by Gasteiger charge is 2.11. The molecule has 106 valence electrons. The molecule has 2 aromatic carbocycles. The van der Waals surface area contributed by atoms with Gasteiger partial charge in [0.25, 0.3) is 0 Å². The van der Waals surface area contributed by atoms with Crippen LogP contribution in [0.3, 0.4) is 0 Å². The number of rotatable bonds is 4. The molecule has 1 N–H and O–H groups in total. The predicted molar refractivity (Wildman–Crippen MR) is 81.5 cm³/mol. The van der Waals surface area contributed by atoms with Crippen LogP contribution < -0.4 is 10.1 Å². The van der Waals surface area contributed by atoms with Gasteiger partial charge in [-0.3, -0.25) is 0 Å². The summed E-state index contributed by atoms with van der Waals surface area (Å²) in [4.78, 5) is 0. The van der Waals surface area contributed by atoms with E-state index >= 15 is 0 Å². The largest absolute Gasteiger partial charge is 0.494 e. The lowest BCUT2D eigenvalue weighted by Gasteiger charge is -2.17. The van der Waals surface area contributed by atoms with Crippen molar-refractivity contribution in [3.63, 3.8) is 0 Å². The fourth-order valence-electron chi connectivity index (χ4n) is 1.88. The van der Waals surface area contributed by atoms with E-state index in [0.717, 1.165) is 11.3 Å². The standard InChI is InChI=1S/C15H14Cl2FNO/c1-9(10-3-6-15(20-2)13(18)7-10)19-14-5-4-11(16)8-12(14)17/h3-9,19H,1-2H3. The van der Waals surface area contributed by atoms with E-state index in [1.807, 2.05) is 13.0 Å². The third-order valence-electron chi connectivity index (χ3n) is 2.98. The van der Waals surface area contributed by atoms with E-state index in [1.54, 1.807) is 24.3 Å². The summed E-state index contributed by atoms with van der Waals surface area (Å²) in [5.74, 6) is -0.161.